The first kappa shape index (κ1) is 12.1. The predicted octanol–water partition coefficient (Wildman–Crippen LogP) is 1.52. The molecule has 0 aliphatic heterocycles. The molecule has 0 bridgehead atoms. The Hall–Kier alpha value is -2.37. The van der Waals surface area contributed by atoms with Gasteiger partial charge in [-0.1, -0.05) is 12.1 Å². The molecule has 18 heavy (non-hydrogen) atoms. The number of anilines is 1. The largest absolute Gasteiger partial charge is 0.481 e. The van der Waals surface area contributed by atoms with Crippen LogP contribution in [0, 0.1) is 6.92 Å². The predicted molar refractivity (Wildman–Crippen MR) is 66.3 cm³/mol. The number of benzene rings is 1. The first-order valence-corrected chi connectivity index (χ1v) is 5.54. The van der Waals surface area contributed by atoms with Crippen LogP contribution in [0.15, 0.2) is 30.6 Å². The molecule has 1 heterocycles. The van der Waals surface area contributed by atoms with Crippen molar-refractivity contribution in [1.29, 1.82) is 0 Å². The second-order valence-corrected chi connectivity index (χ2v) is 3.90. The standard InChI is InChI=1S/C12H14N4O2/c1-8-4-3-5-10(6-8)18-9(2)11(17)15-12-13-7-14-16-12/h3-7,9H,1-2H3,(H2,13,14,15,16,17)/t9-/m0/s1. The number of carbonyl (C=O) groups excluding carboxylic acids is 1. The van der Waals surface area contributed by atoms with Crippen molar-refractivity contribution in [2.24, 2.45) is 0 Å². The van der Waals surface area contributed by atoms with E-state index in [4.69, 9.17) is 4.74 Å². The summed E-state index contributed by atoms with van der Waals surface area (Å²) in [5.41, 5.74) is 1.08. The van der Waals surface area contributed by atoms with E-state index < -0.39 is 6.10 Å². The lowest BCUT2D eigenvalue weighted by Gasteiger charge is -2.13. The molecule has 6 nitrogen and oxygen atoms in total. The minimum absolute atomic E-state index is 0.284. The normalized spacial score (nSPS) is 11.9. The molecular weight excluding hydrogens is 232 g/mol. The summed E-state index contributed by atoms with van der Waals surface area (Å²) in [6.07, 6.45) is 0.707. The summed E-state index contributed by atoms with van der Waals surface area (Å²) >= 11 is 0. The van der Waals surface area contributed by atoms with E-state index >= 15 is 0 Å². The average molecular weight is 246 g/mol. The fraction of sp³-hybridized carbons (Fsp3) is 0.250. The molecule has 1 amide bonds. The van der Waals surface area contributed by atoms with E-state index in [0.29, 0.717) is 11.7 Å². The van der Waals surface area contributed by atoms with Crippen molar-refractivity contribution < 1.29 is 9.53 Å². The first-order valence-electron chi connectivity index (χ1n) is 5.54. The van der Waals surface area contributed by atoms with Crippen molar-refractivity contribution in [2.45, 2.75) is 20.0 Å². The van der Waals surface area contributed by atoms with E-state index in [1.807, 2.05) is 31.2 Å². The minimum Gasteiger partial charge on any atom is -0.481 e. The Balaban J connectivity index is 1.95. The van der Waals surface area contributed by atoms with Gasteiger partial charge >= 0.3 is 0 Å². The molecule has 2 aromatic rings. The summed E-state index contributed by atoms with van der Waals surface area (Å²) in [4.78, 5) is 15.6. The van der Waals surface area contributed by atoms with E-state index in [-0.39, 0.29) is 5.91 Å². The molecule has 0 spiro atoms. The number of carbonyl (C=O) groups is 1. The van der Waals surface area contributed by atoms with Crippen LogP contribution in [0.5, 0.6) is 5.75 Å². The number of aryl methyl sites for hydroxylation is 1. The van der Waals surface area contributed by atoms with E-state index in [9.17, 15) is 4.79 Å². The van der Waals surface area contributed by atoms with E-state index in [1.165, 1.54) is 6.33 Å². The molecular formula is C12H14N4O2. The molecule has 94 valence electrons. The molecule has 2 N–H and O–H groups in total. The van der Waals surface area contributed by atoms with E-state index in [0.717, 1.165) is 5.56 Å². The van der Waals surface area contributed by atoms with Crippen LogP contribution in [0.4, 0.5) is 5.95 Å². The first-order chi connectivity index (χ1) is 8.65. The van der Waals surface area contributed by atoms with Gasteiger partial charge in [-0.15, -0.1) is 0 Å². The van der Waals surface area contributed by atoms with Crippen molar-refractivity contribution in [3.8, 4) is 5.75 Å². The molecule has 2 rings (SSSR count). The van der Waals surface area contributed by atoms with Crippen molar-refractivity contribution >= 4 is 11.9 Å². The summed E-state index contributed by atoms with van der Waals surface area (Å²) in [5.74, 6) is 0.683. The quantitative estimate of drug-likeness (QED) is 0.857. The number of hydrogen-bond acceptors (Lipinski definition) is 4. The molecule has 1 atom stereocenters. The Morgan fingerprint density at radius 2 is 2.33 bits per heavy atom. The van der Waals surface area contributed by atoms with Gasteiger partial charge in [0.2, 0.25) is 5.95 Å². The van der Waals surface area contributed by atoms with Crippen LogP contribution in [0.1, 0.15) is 12.5 Å². The summed E-state index contributed by atoms with van der Waals surface area (Å²) < 4.78 is 5.53. The van der Waals surface area contributed by atoms with Crippen molar-refractivity contribution in [1.82, 2.24) is 15.2 Å². The van der Waals surface area contributed by atoms with Crippen LogP contribution in [-0.2, 0) is 4.79 Å². The fourth-order valence-corrected chi connectivity index (χ4v) is 1.43. The van der Waals surface area contributed by atoms with Crippen molar-refractivity contribution in [2.75, 3.05) is 5.32 Å². The Morgan fingerprint density at radius 1 is 1.50 bits per heavy atom. The topological polar surface area (TPSA) is 79.9 Å². The fourth-order valence-electron chi connectivity index (χ4n) is 1.43. The number of nitrogens with zero attached hydrogens (tertiary/aromatic N) is 2. The van der Waals surface area contributed by atoms with Crippen molar-refractivity contribution in [3.05, 3.63) is 36.2 Å². The molecule has 1 aromatic carbocycles. The van der Waals surface area contributed by atoms with E-state index in [2.05, 4.69) is 20.5 Å². The summed E-state index contributed by atoms with van der Waals surface area (Å²) in [7, 11) is 0. The van der Waals surface area contributed by atoms with Gasteiger partial charge < -0.3 is 4.74 Å². The van der Waals surface area contributed by atoms with Crippen LogP contribution in [0.3, 0.4) is 0 Å². The lowest BCUT2D eigenvalue weighted by atomic mass is 10.2. The van der Waals surface area contributed by atoms with Gasteiger partial charge in [0.15, 0.2) is 6.10 Å². The van der Waals surface area contributed by atoms with Gasteiger partial charge in [-0.3, -0.25) is 10.1 Å². The zero-order valence-corrected chi connectivity index (χ0v) is 10.2. The van der Waals surface area contributed by atoms with Crippen LogP contribution < -0.4 is 10.1 Å². The van der Waals surface area contributed by atoms with Gasteiger partial charge in [0.25, 0.3) is 5.91 Å². The van der Waals surface area contributed by atoms with Crippen LogP contribution >= 0.6 is 0 Å². The number of amides is 1. The van der Waals surface area contributed by atoms with E-state index in [1.54, 1.807) is 6.92 Å². The van der Waals surface area contributed by atoms with Gasteiger partial charge in [0.05, 0.1) is 0 Å². The zero-order valence-electron chi connectivity index (χ0n) is 10.2. The molecule has 0 aliphatic rings. The Kier molecular flexibility index (Phi) is 3.57. The molecule has 0 radical (unpaired) electrons. The van der Waals surface area contributed by atoms with Gasteiger partial charge in [0.1, 0.15) is 12.1 Å². The molecule has 0 aliphatic carbocycles. The average Bonchev–Trinajstić information content (AvgIpc) is 2.81. The maximum absolute atomic E-state index is 11.8. The highest BCUT2D eigenvalue weighted by Gasteiger charge is 2.15. The van der Waals surface area contributed by atoms with Gasteiger partial charge in [0, 0.05) is 0 Å². The smallest absolute Gasteiger partial charge is 0.267 e. The van der Waals surface area contributed by atoms with Crippen LogP contribution in [-0.4, -0.2) is 27.2 Å². The molecule has 6 heteroatoms. The maximum Gasteiger partial charge on any atom is 0.267 e. The van der Waals surface area contributed by atoms with Gasteiger partial charge in [-0.25, -0.2) is 5.10 Å². The minimum atomic E-state index is -0.614. The Bertz CT molecular complexity index is 525. The summed E-state index contributed by atoms with van der Waals surface area (Å²) in [6.45, 7) is 3.64. The third-order valence-electron chi connectivity index (χ3n) is 2.33. The Morgan fingerprint density at radius 3 is 3.00 bits per heavy atom. The number of H-pyrrole nitrogens is 1. The highest BCUT2D eigenvalue weighted by molar-refractivity contribution is 5.92. The molecule has 0 fully saturated rings. The molecule has 0 saturated heterocycles. The van der Waals surface area contributed by atoms with Crippen LogP contribution in [0.2, 0.25) is 0 Å². The van der Waals surface area contributed by atoms with Gasteiger partial charge in [-0.05, 0) is 31.5 Å². The van der Waals surface area contributed by atoms with Crippen molar-refractivity contribution in [3.63, 3.8) is 0 Å². The second kappa shape index (κ2) is 5.31. The number of hydrogen-bond donors (Lipinski definition) is 2. The number of aromatic amines is 1. The maximum atomic E-state index is 11.8. The highest BCUT2D eigenvalue weighted by Crippen LogP contribution is 2.14. The number of nitrogens with one attached hydrogen (secondary N) is 2. The van der Waals surface area contributed by atoms with Gasteiger partial charge in [-0.2, -0.15) is 10.1 Å². The monoisotopic (exact) mass is 246 g/mol. The summed E-state index contributed by atoms with van der Waals surface area (Å²) in [6, 6.07) is 7.53. The summed E-state index contributed by atoms with van der Waals surface area (Å²) in [5, 5.41) is 8.75. The molecule has 1 aromatic heterocycles. The number of ether oxygens (including phenoxy) is 1. The third-order valence-corrected chi connectivity index (χ3v) is 2.33. The molecule has 0 unspecified atom stereocenters. The number of aromatic nitrogens is 3. The highest BCUT2D eigenvalue weighted by atomic mass is 16.5. The number of rotatable bonds is 4. The molecule has 0 saturated carbocycles. The lowest BCUT2D eigenvalue weighted by molar-refractivity contribution is -0.122. The third kappa shape index (κ3) is 3.07. The zero-order chi connectivity index (χ0) is 13.0. The second-order valence-electron chi connectivity index (χ2n) is 3.90. The Labute approximate surface area is 104 Å². The lowest BCUT2D eigenvalue weighted by Crippen LogP contribution is -2.30. The SMILES string of the molecule is Cc1cccc(O[C@@H](C)C(=O)Nc2ncn[nH]2)c1. The van der Waals surface area contributed by atoms with Crippen LogP contribution in [0.25, 0.3) is 0 Å².